The van der Waals surface area contributed by atoms with E-state index in [4.69, 9.17) is 0 Å². The highest BCUT2D eigenvalue weighted by Crippen LogP contribution is 2.01. The lowest BCUT2D eigenvalue weighted by Crippen LogP contribution is -2.30. The number of rotatable bonds is 2. The predicted octanol–water partition coefficient (Wildman–Crippen LogP) is 1.92. The molecule has 2 aromatic rings. The van der Waals surface area contributed by atoms with E-state index in [1.165, 1.54) is 5.56 Å². The Morgan fingerprint density at radius 2 is 2.00 bits per heavy atom. The van der Waals surface area contributed by atoms with E-state index in [9.17, 15) is 0 Å². The maximum Gasteiger partial charge on any atom is 0.327 e. The second-order valence-electron chi connectivity index (χ2n) is 3.16. The van der Waals surface area contributed by atoms with Gasteiger partial charge in [0.2, 0.25) is 0 Å². The standard InChI is InChI=1S/C12H13N2/c1-2-11-6-7-13-12(10-11)14-8-4-3-5-9-14/h3-10H,2H2,1H3/q+1. The fourth-order valence-corrected chi connectivity index (χ4v) is 1.37. The maximum absolute atomic E-state index is 4.32. The zero-order chi connectivity index (χ0) is 9.80. The lowest BCUT2D eigenvalue weighted by atomic mass is 10.2. The summed E-state index contributed by atoms with van der Waals surface area (Å²) in [5.74, 6) is 0.977. The smallest absolute Gasteiger partial charge is 0.203 e. The minimum atomic E-state index is 0.977. The SMILES string of the molecule is CCc1ccnc(-[n+]2ccccc2)c1. The van der Waals surface area contributed by atoms with Crippen LogP contribution in [0, 0.1) is 0 Å². The third-order valence-electron chi connectivity index (χ3n) is 2.20. The molecule has 0 saturated carbocycles. The maximum atomic E-state index is 4.32. The molecule has 0 bridgehead atoms. The fraction of sp³-hybridized carbons (Fsp3) is 0.167. The van der Waals surface area contributed by atoms with Crippen molar-refractivity contribution in [2.75, 3.05) is 0 Å². The molecule has 0 aliphatic heterocycles. The molecule has 0 spiro atoms. The average molecular weight is 185 g/mol. The van der Waals surface area contributed by atoms with Gasteiger partial charge in [-0.3, -0.25) is 0 Å². The average Bonchev–Trinajstić information content (AvgIpc) is 2.30. The van der Waals surface area contributed by atoms with Gasteiger partial charge in [-0.05, 0) is 35.2 Å². The van der Waals surface area contributed by atoms with E-state index in [1.54, 1.807) is 0 Å². The molecule has 70 valence electrons. The molecular weight excluding hydrogens is 172 g/mol. The van der Waals surface area contributed by atoms with Gasteiger partial charge in [-0.2, -0.15) is 0 Å². The molecule has 2 nitrogen and oxygen atoms in total. The molecule has 2 rings (SSSR count). The summed E-state index contributed by atoms with van der Waals surface area (Å²) < 4.78 is 2.01. The fourth-order valence-electron chi connectivity index (χ4n) is 1.37. The van der Waals surface area contributed by atoms with Crippen LogP contribution in [0.15, 0.2) is 48.9 Å². The first kappa shape index (κ1) is 8.88. The Balaban J connectivity index is 2.42. The van der Waals surface area contributed by atoms with Crippen LogP contribution in [0.2, 0.25) is 0 Å². The van der Waals surface area contributed by atoms with Crippen LogP contribution in [0.5, 0.6) is 0 Å². The van der Waals surface area contributed by atoms with Crippen molar-refractivity contribution in [1.82, 2.24) is 4.98 Å². The molecular formula is C12H13N2+. The van der Waals surface area contributed by atoms with E-state index in [0.29, 0.717) is 0 Å². The number of hydrogen-bond acceptors (Lipinski definition) is 1. The molecule has 0 N–H and O–H groups in total. The number of hydrogen-bond donors (Lipinski definition) is 0. The van der Waals surface area contributed by atoms with Gasteiger partial charge < -0.3 is 0 Å². The van der Waals surface area contributed by atoms with Gasteiger partial charge in [-0.25, -0.2) is 4.57 Å². The molecule has 0 aliphatic rings. The molecule has 14 heavy (non-hydrogen) atoms. The van der Waals surface area contributed by atoms with Crippen LogP contribution in [0.25, 0.3) is 5.82 Å². The molecule has 0 radical (unpaired) electrons. The van der Waals surface area contributed by atoms with Crippen molar-refractivity contribution in [3.63, 3.8) is 0 Å². The van der Waals surface area contributed by atoms with Gasteiger partial charge in [0.05, 0.1) is 12.4 Å². The van der Waals surface area contributed by atoms with Gasteiger partial charge >= 0.3 is 5.82 Å². The Kier molecular flexibility index (Phi) is 2.54. The van der Waals surface area contributed by atoms with Crippen molar-refractivity contribution in [3.8, 4) is 5.82 Å². The van der Waals surface area contributed by atoms with Crippen LogP contribution in [0.3, 0.4) is 0 Å². The Morgan fingerprint density at radius 1 is 1.21 bits per heavy atom. The van der Waals surface area contributed by atoms with Crippen LogP contribution in [0.1, 0.15) is 12.5 Å². The monoisotopic (exact) mass is 185 g/mol. The van der Waals surface area contributed by atoms with Gasteiger partial charge in [-0.1, -0.05) is 13.0 Å². The van der Waals surface area contributed by atoms with E-state index in [2.05, 4.69) is 18.0 Å². The second kappa shape index (κ2) is 4.01. The lowest BCUT2D eigenvalue weighted by Gasteiger charge is -1.96. The van der Waals surface area contributed by atoms with E-state index in [1.807, 2.05) is 47.4 Å². The van der Waals surface area contributed by atoms with Gasteiger partial charge in [-0.15, -0.1) is 0 Å². The third-order valence-corrected chi connectivity index (χ3v) is 2.20. The summed E-state index contributed by atoms with van der Waals surface area (Å²) in [6.45, 7) is 2.15. The highest BCUT2D eigenvalue weighted by atomic mass is 15.0. The third kappa shape index (κ3) is 1.79. The van der Waals surface area contributed by atoms with Crippen LogP contribution < -0.4 is 4.57 Å². The Morgan fingerprint density at radius 3 is 2.71 bits per heavy atom. The summed E-state index contributed by atoms with van der Waals surface area (Å²) in [4.78, 5) is 4.32. The van der Waals surface area contributed by atoms with E-state index >= 15 is 0 Å². The molecule has 0 amide bonds. The second-order valence-corrected chi connectivity index (χ2v) is 3.16. The van der Waals surface area contributed by atoms with Crippen molar-refractivity contribution in [3.05, 3.63) is 54.5 Å². The van der Waals surface area contributed by atoms with Crippen molar-refractivity contribution in [2.45, 2.75) is 13.3 Å². The van der Waals surface area contributed by atoms with E-state index in [0.717, 1.165) is 12.2 Å². The highest BCUT2D eigenvalue weighted by molar-refractivity contribution is 5.20. The first-order chi connectivity index (χ1) is 6.90. The van der Waals surface area contributed by atoms with E-state index in [-0.39, 0.29) is 0 Å². The molecule has 0 atom stereocenters. The topological polar surface area (TPSA) is 16.8 Å². The van der Waals surface area contributed by atoms with Crippen molar-refractivity contribution in [1.29, 1.82) is 0 Å². The quantitative estimate of drug-likeness (QED) is 0.653. The van der Waals surface area contributed by atoms with Crippen LogP contribution in [-0.4, -0.2) is 4.98 Å². The van der Waals surface area contributed by atoms with Gasteiger partial charge in [0.25, 0.3) is 0 Å². The highest BCUT2D eigenvalue weighted by Gasteiger charge is 2.05. The Bertz CT molecular complexity index is 410. The summed E-state index contributed by atoms with van der Waals surface area (Å²) in [7, 11) is 0. The molecule has 2 heterocycles. The molecule has 0 unspecified atom stereocenters. The zero-order valence-electron chi connectivity index (χ0n) is 8.22. The predicted molar refractivity (Wildman–Crippen MR) is 55.1 cm³/mol. The van der Waals surface area contributed by atoms with Gasteiger partial charge in [0.1, 0.15) is 6.20 Å². The molecule has 2 aromatic heterocycles. The zero-order valence-corrected chi connectivity index (χ0v) is 8.22. The Hall–Kier alpha value is -1.70. The summed E-state index contributed by atoms with van der Waals surface area (Å²) in [6, 6.07) is 10.2. The van der Waals surface area contributed by atoms with Gasteiger partial charge in [0, 0.05) is 6.07 Å². The number of pyridine rings is 2. The minimum absolute atomic E-state index is 0.977. The van der Waals surface area contributed by atoms with Crippen LogP contribution in [0.4, 0.5) is 0 Å². The first-order valence-corrected chi connectivity index (χ1v) is 4.82. The number of aryl methyl sites for hydroxylation is 1. The largest absolute Gasteiger partial charge is 0.327 e. The molecule has 2 heteroatoms. The van der Waals surface area contributed by atoms with Crippen molar-refractivity contribution < 1.29 is 4.57 Å². The molecule has 0 fully saturated rings. The minimum Gasteiger partial charge on any atom is -0.203 e. The lowest BCUT2D eigenvalue weighted by molar-refractivity contribution is -0.599. The number of nitrogens with zero attached hydrogens (tertiary/aromatic N) is 2. The summed E-state index contributed by atoms with van der Waals surface area (Å²) >= 11 is 0. The van der Waals surface area contributed by atoms with Crippen molar-refractivity contribution in [2.24, 2.45) is 0 Å². The molecule has 0 aromatic carbocycles. The van der Waals surface area contributed by atoms with Gasteiger partial charge in [0.15, 0.2) is 0 Å². The Labute approximate surface area is 83.9 Å². The van der Waals surface area contributed by atoms with Crippen LogP contribution in [-0.2, 0) is 6.42 Å². The van der Waals surface area contributed by atoms with Crippen molar-refractivity contribution >= 4 is 0 Å². The summed E-state index contributed by atoms with van der Waals surface area (Å²) in [6.07, 6.45) is 6.90. The summed E-state index contributed by atoms with van der Waals surface area (Å²) in [5, 5.41) is 0. The first-order valence-electron chi connectivity index (χ1n) is 4.82. The summed E-state index contributed by atoms with van der Waals surface area (Å²) in [5.41, 5.74) is 1.31. The molecule has 0 aliphatic carbocycles. The normalized spacial score (nSPS) is 10.1. The number of aromatic nitrogens is 2. The molecule has 0 saturated heterocycles. The van der Waals surface area contributed by atoms with E-state index < -0.39 is 0 Å². The van der Waals surface area contributed by atoms with Crippen LogP contribution >= 0.6 is 0 Å².